The number of anilines is 1. The number of nitrogens with two attached hydrogens (primary N) is 1. The Kier molecular flexibility index (Phi) is 4.71. The molecule has 1 aromatic carbocycles. The van der Waals surface area contributed by atoms with Gasteiger partial charge in [0, 0.05) is 13.1 Å². The Morgan fingerprint density at radius 2 is 2.00 bits per heavy atom. The number of benzene rings is 1. The van der Waals surface area contributed by atoms with Gasteiger partial charge >= 0.3 is 0 Å². The van der Waals surface area contributed by atoms with Gasteiger partial charge in [-0.15, -0.1) is 0 Å². The molecule has 1 unspecified atom stereocenters. The van der Waals surface area contributed by atoms with Crippen molar-refractivity contribution < 1.29 is 4.79 Å². The monoisotopic (exact) mass is 386 g/mol. The standard InChI is InChI=1S/C15H13Cl3N4O2/c16-10-5-9(22-15(24)13(18)11(17)6-20-22)1-2-12(10)21-4-3-8(7-21)14(19)23/h1-2,5-6,8H,3-4,7H2,(H2,19,23). The second kappa shape index (κ2) is 6.63. The van der Waals surface area contributed by atoms with Crippen molar-refractivity contribution in [3.05, 3.63) is 49.8 Å². The summed E-state index contributed by atoms with van der Waals surface area (Å²) in [5.74, 6) is -0.489. The van der Waals surface area contributed by atoms with Gasteiger partial charge in [-0.25, -0.2) is 0 Å². The molecule has 0 spiro atoms. The molecule has 1 aliphatic rings. The van der Waals surface area contributed by atoms with Crippen molar-refractivity contribution in [2.45, 2.75) is 6.42 Å². The van der Waals surface area contributed by atoms with Crippen LogP contribution in [0, 0.1) is 5.92 Å². The first-order valence-corrected chi connectivity index (χ1v) is 8.29. The summed E-state index contributed by atoms with van der Waals surface area (Å²) in [7, 11) is 0. The highest BCUT2D eigenvalue weighted by atomic mass is 35.5. The van der Waals surface area contributed by atoms with Crippen LogP contribution in [-0.2, 0) is 4.79 Å². The van der Waals surface area contributed by atoms with Crippen molar-refractivity contribution in [1.29, 1.82) is 0 Å². The van der Waals surface area contributed by atoms with E-state index in [1.807, 2.05) is 4.90 Å². The first kappa shape index (κ1) is 17.1. The van der Waals surface area contributed by atoms with Gasteiger partial charge in [0.05, 0.1) is 33.5 Å². The molecule has 2 aromatic rings. The molecule has 0 saturated carbocycles. The first-order chi connectivity index (χ1) is 11.4. The number of halogens is 3. The van der Waals surface area contributed by atoms with Crippen LogP contribution >= 0.6 is 34.8 Å². The molecular weight excluding hydrogens is 375 g/mol. The molecule has 126 valence electrons. The zero-order valence-corrected chi connectivity index (χ0v) is 14.6. The van der Waals surface area contributed by atoms with Crippen molar-refractivity contribution in [2.75, 3.05) is 18.0 Å². The normalized spacial score (nSPS) is 17.3. The van der Waals surface area contributed by atoms with Crippen LogP contribution < -0.4 is 16.2 Å². The summed E-state index contributed by atoms with van der Waals surface area (Å²) >= 11 is 18.0. The van der Waals surface area contributed by atoms with Crippen molar-refractivity contribution in [3.8, 4) is 5.69 Å². The highest BCUT2D eigenvalue weighted by Crippen LogP contribution is 2.32. The van der Waals surface area contributed by atoms with E-state index in [4.69, 9.17) is 40.5 Å². The van der Waals surface area contributed by atoms with Gasteiger partial charge in [0.15, 0.2) is 0 Å². The molecule has 0 aliphatic carbocycles. The molecule has 2 N–H and O–H groups in total. The molecule has 3 rings (SSSR count). The molecule has 1 saturated heterocycles. The Labute approximate surface area is 152 Å². The van der Waals surface area contributed by atoms with Gasteiger partial charge in [0.1, 0.15) is 5.02 Å². The smallest absolute Gasteiger partial charge is 0.291 e. The minimum Gasteiger partial charge on any atom is -0.370 e. The van der Waals surface area contributed by atoms with Gasteiger partial charge < -0.3 is 10.6 Å². The quantitative estimate of drug-likeness (QED) is 0.877. The van der Waals surface area contributed by atoms with Gasteiger partial charge in [-0.3, -0.25) is 9.59 Å². The second-order valence-electron chi connectivity index (χ2n) is 5.49. The molecule has 1 atom stereocenters. The fourth-order valence-electron chi connectivity index (χ4n) is 2.69. The fraction of sp³-hybridized carbons (Fsp3) is 0.267. The van der Waals surface area contributed by atoms with E-state index in [0.717, 1.165) is 10.4 Å². The lowest BCUT2D eigenvalue weighted by Crippen LogP contribution is -2.27. The number of hydrogen-bond donors (Lipinski definition) is 1. The lowest BCUT2D eigenvalue weighted by molar-refractivity contribution is -0.121. The zero-order valence-electron chi connectivity index (χ0n) is 12.4. The Bertz CT molecular complexity index is 868. The Morgan fingerprint density at radius 3 is 2.62 bits per heavy atom. The fourth-order valence-corrected chi connectivity index (χ4v) is 3.24. The maximum absolute atomic E-state index is 12.1. The van der Waals surface area contributed by atoms with Crippen LogP contribution in [0.15, 0.2) is 29.2 Å². The molecule has 0 bridgehead atoms. The molecule has 9 heteroatoms. The van der Waals surface area contributed by atoms with Crippen molar-refractivity contribution in [2.24, 2.45) is 11.7 Å². The summed E-state index contributed by atoms with van der Waals surface area (Å²) < 4.78 is 1.13. The van der Waals surface area contributed by atoms with E-state index in [9.17, 15) is 9.59 Å². The van der Waals surface area contributed by atoms with Crippen molar-refractivity contribution in [3.63, 3.8) is 0 Å². The largest absolute Gasteiger partial charge is 0.370 e. The average molecular weight is 388 g/mol. The highest BCUT2D eigenvalue weighted by molar-refractivity contribution is 6.41. The van der Waals surface area contributed by atoms with Gasteiger partial charge in [0.2, 0.25) is 5.91 Å². The summed E-state index contributed by atoms with van der Waals surface area (Å²) in [5, 5.41) is 4.40. The molecule has 2 heterocycles. The van der Waals surface area contributed by atoms with Crippen molar-refractivity contribution >= 4 is 46.4 Å². The van der Waals surface area contributed by atoms with Crippen LogP contribution in [0.5, 0.6) is 0 Å². The third-order valence-electron chi connectivity index (χ3n) is 3.98. The van der Waals surface area contributed by atoms with E-state index in [1.54, 1.807) is 18.2 Å². The van der Waals surface area contributed by atoms with E-state index < -0.39 is 5.56 Å². The number of amides is 1. The van der Waals surface area contributed by atoms with Gasteiger partial charge in [-0.1, -0.05) is 34.8 Å². The Balaban J connectivity index is 1.93. The third kappa shape index (κ3) is 3.09. The lowest BCUT2D eigenvalue weighted by atomic mass is 10.1. The molecule has 1 aliphatic heterocycles. The zero-order chi connectivity index (χ0) is 17.4. The predicted octanol–water partition coefficient (Wildman–Crippen LogP) is 2.50. The number of rotatable bonds is 3. The van der Waals surface area contributed by atoms with Crippen LogP contribution in [0.25, 0.3) is 5.69 Å². The minimum absolute atomic E-state index is 0.0928. The van der Waals surface area contributed by atoms with E-state index in [0.29, 0.717) is 30.2 Å². The summed E-state index contributed by atoms with van der Waals surface area (Å²) in [5.41, 5.74) is 6.07. The summed E-state index contributed by atoms with van der Waals surface area (Å²) in [6.45, 7) is 1.22. The van der Waals surface area contributed by atoms with Gasteiger partial charge in [-0.05, 0) is 24.6 Å². The molecular formula is C15H13Cl3N4O2. The molecule has 6 nitrogen and oxygen atoms in total. The van der Waals surface area contributed by atoms with E-state index >= 15 is 0 Å². The topological polar surface area (TPSA) is 81.2 Å². The number of hydrogen-bond acceptors (Lipinski definition) is 4. The maximum atomic E-state index is 12.1. The van der Waals surface area contributed by atoms with Crippen LogP contribution in [0.4, 0.5) is 5.69 Å². The molecule has 1 aromatic heterocycles. The van der Waals surface area contributed by atoms with Crippen molar-refractivity contribution in [1.82, 2.24) is 9.78 Å². The van der Waals surface area contributed by atoms with Crippen LogP contribution in [-0.4, -0.2) is 28.8 Å². The number of carbonyl (C=O) groups is 1. The van der Waals surface area contributed by atoms with E-state index in [-0.39, 0.29) is 21.9 Å². The van der Waals surface area contributed by atoms with Gasteiger partial charge in [0.25, 0.3) is 5.56 Å². The van der Waals surface area contributed by atoms with Crippen LogP contribution in [0.2, 0.25) is 15.1 Å². The number of primary amides is 1. The Morgan fingerprint density at radius 1 is 1.25 bits per heavy atom. The first-order valence-electron chi connectivity index (χ1n) is 7.16. The molecule has 0 radical (unpaired) electrons. The number of aromatic nitrogens is 2. The third-order valence-corrected chi connectivity index (χ3v) is 5.03. The predicted molar refractivity (Wildman–Crippen MR) is 94.4 cm³/mol. The number of nitrogens with zero attached hydrogens (tertiary/aromatic N) is 3. The van der Waals surface area contributed by atoms with E-state index in [1.165, 1.54) is 6.20 Å². The van der Waals surface area contributed by atoms with Crippen LogP contribution in [0.1, 0.15) is 6.42 Å². The van der Waals surface area contributed by atoms with E-state index in [2.05, 4.69) is 5.10 Å². The van der Waals surface area contributed by atoms with Crippen LogP contribution in [0.3, 0.4) is 0 Å². The maximum Gasteiger partial charge on any atom is 0.291 e. The second-order valence-corrected chi connectivity index (χ2v) is 6.69. The van der Waals surface area contributed by atoms with Gasteiger partial charge in [-0.2, -0.15) is 9.78 Å². The molecule has 24 heavy (non-hydrogen) atoms. The summed E-state index contributed by atoms with van der Waals surface area (Å²) in [6.07, 6.45) is 1.99. The highest BCUT2D eigenvalue weighted by Gasteiger charge is 2.27. The average Bonchev–Trinajstić information content (AvgIpc) is 3.02. The minimum atomic E-state index is -0.525. The Hall–Kier alpha value is -1.76. The molecule has 1 amide bonds. The number of carbonyl (C=O) groups excluding carboxylic acids is 1. The summed E-state index contributed by atoms with van der Waals surface area (Å²) in [6, 6.07) is 5.10. The molecule has 1 fully saturated rings. The SMILES string of the molecule is NC(=O)C1CCN(c2ccc(-n3ncc(Cl)c(Cl)c3=O)cc2Cl)C1. The summed E-state index contributed by atoms with van der Waals surface area (Å²) in [4.78, 5) is 25.4. The lowest BCUT2D eigenvalue weighted by Gasteiger charge is -2.20.